The van der Waals surface area contributed by atoms with Crippen molar-refractivity contribution in [3.63, 3.8) is 0 Å². The predicted octanol–water partition coefficient (Wildman–Crippen LogP) is 1.96. The summed E-state index contributed by atoms with van der Waals surface area (Å²) in [6, 6.07) is 0. The molecule has 0 atom stereocenters. The van der Waals surface area contributed by atoms with Gasteiger partial charge in [-0.3, -0.25) is 0 Å². The van der Waals surface area contributed by atoms with E-state index < -0.39 is 0 Å². The molecule has 9 heavy (non-hydrogen) atoms. The molecule has 0 aromatic carbocycles. The number of nitriles is 1. The van der Waals surface area contributed by atoms with Crippen LogP contribution in [0.4, 0.5) is 0 Å². The number of nitrogens with zero attached hydrogens (tertiary/aromatic N) is 1. The van der Waals surface area contributed by atoms with Crippen LogP contribution < -0.4 is 0 Å². The second-order valence-corrected chi connectivity index (χ2v) is 1.38. The van der Waals surface area contributed by atoms with Gasteiger partial charge in [0.15, 0.2) is 0 Å². The first-order valence-electron chi connectivity index (χ1n) is 2.70. The van der Waals surface area contributed by atoms with Crippen molar-refractivity contribution in [3.05, 3.63) is 24.0 Å². The van der Waals surface area contributed by atoms with Crippen LogP contribution in [0.15, 0.2) is 24.0 Å². The van der Waals surface area contributed by atoms with Crippen LogP contribution in [0.25, 0.3) is 0 Å². The molecular weight excluding hydrogens is 114 g/mol. The van der Waals surface area contributed by atoms with Crippen LogP contribution in [0.3, 0.4) is 0 Å². The van der Waals surface area contributed by atoms with Crippen molar-refractivity contribution in [2.75, 3.05) is 0 Å². The van der Waals surface area contributed by atoms with Crippen LogP contribution >= 0.6 is 0 Å². The molecule has 0 spiro atoms. The number of ether oxygens (including phenoxy) is 1. The zero-order chi connectivity index (χ0) is 7.11. The average molecular weight is 123 g/mol. The highest BCUT2D eigenvalue weighted by Crippen LogP contribution is 1.96. The van der Waals surface area contributed by atoms with Gasteiger partial charge in [-0.05, 0) is 26.0 Å². The summed E-state index contributed by atoms with van der Waals surface area (Å²) in [6.07, 6.45) is 6.85. The molecular formula is C7H9NO. The highest BCUT2D eigenvalue weighted by Gasteiger charge is 1.84. The van der Waals surface area contributed by atoms with Gasteiger partial charge in [-0.1, -0.05) is 6.08 Å². The highest BCUT2D eigenvalue weighted by molar-refractivity contribution is 5.10. The Labute approximate surface area is 55.1 Å². The normalized spacial score (nSPS) is 11.4. The van der Waals surface area contributed by atoms with Gasteiger partial charge >= 0.3 is 0 Å². The van der Waals surface area contributed by atoms with Gasteiger partial charge in [0.1, 0.15) is 5.76 Å². The summed E-state index contributed by atoms with van der Waals surface area (Å²) in [7, 11) is 0. The Morgan fingerprint density at radius 1 is 1.56 bits per heavy atom. The first kappa shape index (κ1) is 7.77. The molecule has 0 saturated carbocycles. The highest BCUT2D eigenvalue weighted by atomic mass is 16.5. The minimum Gasteiger partial charge on any atom is -0.388 e. The molecule has 2 nitrogen and oxygen atoms in total. The molecule has 0 aromatic heterocycles. The zero-order valence-corrected chi connectivity index (χ0v) is 5.59. The van der Waals surface area contributed by atoms with E-state index in [1.54, 1.807) is 18.4 Å². The Morgan fingerprint density at radius 3 is 2.56 bits per heavy atom. The lowest BCUT2D eigenvalue weighted by atomic mass is 10.4. The summed E-state index contributed by atoms with van der Waals surface area (Å²) in [5.41, 5.74) is 0. The van der Waals surface area contributed by atoms with Crippen LogP contribution in [-0.4, -0.2) is 0 Å². The van der Waals surface area contributed by atoms with Crippen LogP contribution in [0.2, 0.25) is 0 Å². The first-order valence-corrected chi connectivity index (χ1v) is 2.70. The van der Waals surface area contributed by atoms with E-state index in [1.165, 1.54) is 0 Å². The standard InChI is InChI=1S/C7H9NO/c1-3-5-7(4-2)9-6-8/h3-5H,1-2H3/b5-3-,7-4+. The first-order chi connectivity index (χ1) is 4.35. The monoisotopic (exact) mass is 123 g/mol. The largest absolute Gasteiger partial charge is 0.388 e. The summed E-state index contributed by atoms with van der Waals surface area (Å²) < 4.78 is 4.51. The van der Waals surface area contributed by atoms with Gasteiger partial charge in [-0.2, -0.15) is 0 Å². The Bertz CT molecular complexity index is 162. The predicted molar refractivity (Wildman–Crippen MR) is 35.3 cm³/mol. The maximum atomic E-state index is 8.05. The lowest BCUT2D eigenvalue weighted by Gasteiger charge is -1.90. The number of hydrogen-bond acceptors (Lipinski definition) is 2. The van der Waals surface area contributed by atoms with Crippen molar-refractivity contribution in [2.24, 2.45) is 0 Å². The molecule has 0 saturated heterocycles. The molecule has 0 rings (SSSR count). The maximum absolute atomic E-state index is 8.05. The Morgan fingerprint density at radius 2 is 2.22 bits per heavy atom. The Kier molecular flexibility index (Phi) is 4.25. The molecule has 48 valence electrons. The van der Waals surface area contributed by atoms with E-state index in [0.717, 1.165) is 0 Å². The van der Waals surface area contributed by atoms with Crippen molar-refractivity contribution >= 4 is 0 Å². The van der Waals surface area contributed by atoms with Crippen LogP contribution in [-0.2, 0) is 4.74 Å². The molecule has 0 heterocycles. The van der Waals surface area contributed by atoms with Gasteiger partial charge in [0.25, 0.3) is 6.26 Å². The van der Waals surface area contributed by atoms with Crippen molar-refractivity contribution in [1.82, 2.24) is 0 Å². The summed E-state index contributed by atoms with van der Waals surface area (Å²) in [6.45, 7) is 3.68. The molecule has 0 radical (unpaired) electrons. The van der Waals surface area contributed by atoms with Crippen molar-refractivity contribution < 1.29 is 4.74 Å². The van der Waals surface area contributed by atoms with E-state index in [1.807, 2.05) is 19.9 Å². The van der Waals surface area contributed by atoms with Crippen LogP contribution in [0.5, 0.6) is 0 Å². The van der Waals surface area contributed by atoms with E-state index in [0.29, 0.717) is 5.76 Å². The topological polar surface area (TPSA) is 33.0 Å². The van der Waals surface area contributed by atoms with Crippen molar-refractivity contribution in [1.29, 1.82) is 5.26 Å². The smallest absolute Gasteiger partial charge is 0.292 e. The second kappa shape index (κ2) is 4.92. The van der Waals surface area contributed by atoms with E-state index in [2.05, 4.69) is 4.74 Å². The van der Waals surface area contributed by atoms with Gasteiger partial charge in [-0.25, -0.2) is 0 Å². The van der Waals surface area contributed by atoms with E-state index in [9.17, 15) is 0 Å². The summed E-state index contributed by atoms with van der Waals surface area (Å²) in [5.74, 6) is 0.583. The fourth-order valence-corrected chi connectivity index (χ4v) is 0.406. The lowest BCUT2D eigenvalue weighted by Crippen LogP contribution is -1.77. The molecule has 0 aromatic rings. The maximum Gasteiger partial charge on any atom is 0.292 e. The molecule has 0 unspecified atom stereocenters. The number of hydrogen-bond donors (Lipinski definition) is 0. The fraction of sp³-hybridized carbons (Fsp3) is 0.286. The second-order valence-electron chi connectivity index (χ2n) is 1.38. The number of allylic oxidation sites excluding steroid dienone is 3. The summed E-state index contributed by atoms with van der Waals surface area (Å²) >= 11 is 0. The molecule has 0 bridgehead atoms. The van der Waals surface area contributed by atoms with Crippen LogP contribution in [0, 0.1) is 11.5 Å². The third-order valence-corrected chi connectivity index (χ3v) is 0.779. The molecule has 0 N–H and O–H groups in total. The SMILES string of the molecule is C/C=C\C(=C/C)OC#N. The quantitative estimate of drug-likeness (QED) is 0.319. The minimum absolute atomic E-state index is 0.583. The zero-order valence-electron chi connectivity index (χ0n) is 5.59. The van der Waals surface area contributed by atoms with Gasteiger partial charge in [0, 0.05) is 0 Å². The third kappa shape index (κ3) is 3.36. The molecule has 0 aliphatic heterocycles. The van der Waals surface area contributed by atoms with Crippen molar-refractivity contribution in [3.8, 4) is 6.26 Å². The average Bonchev–Trinajstić information content (AvgIpc) is 1.88. The van der Waals surface area contributed by atoms with Gasteiger partial charge in [0.2, 0.25) is 0 Å². The van der Waals surface area contributed by atoms with E-state index in [-0.39, 0.29) is 0 Å². The minimum atomic E-state index is 0.583. The molecule has 0 aliphatic rings. The van der Waals surface area contributed by atoms with Gasteiger partial charge in [-0.15, -0.1) is 5.26 Å². The lowest BCUT2D eigenvalue weighted by molar-refractivity contribution is 0.392. The van der Waals surface area contributed by atoms with Crippen LogP contribution in [0.1, 0.15) is 13.8 Å². The summed E-state index contributed by atoms with van der Waals surface area (Å²) in [5, 5.41) is 8.05. The molecule has 0 amide bonds. The molecule has 2 heteroatoms. The number of rotatable bonds is 2. The molecule has 0 fully saturated rings. The van der Waals surface area contributed by atoms with Crippen molar-refractivity contribution in [2.45, 2.75) is 13.8 Å². The van der Waals surface area contributed by atoms with E-state index >= 15 is 0 Å². The summed E-state index contributed by atoms with van der Waals surface area (Å²) in [4.78, 5) is 0. The Balaban J connectivity index is 3.89. The third-order valence-electron chi connectivity index (χ3n) is 0.779. The van der Waals surface area contributed by atoms with Gasteiger partial charge in [0.05, 0.1) is 0 Å². The fourth-order valence-electron chi connectivity index (χ4n) is 0.406. The van der Waals surface area contributed by atoms with E-state index in [4.69, 9.17) is 5.26 Å². The Hall–Kier alpha value is -1.23. The molecule has 0 aliphatic carbocycles. The van der Waals surface area contributed by atoms with Gasteiger partial charge < -0.3 is 4.74 Å².